The fourth-order valence-corrected chi connectivity index (χ4v) is 5.06. The van der Waals surface area contributed by atoms with Gasteiger partial charge in [-0.1, -0.05) is 23.8 Å². The Balaban J connectivity index is 1.70. The van der Waals surface area contributed by atoms with E-state index in [1.165, 1.54) is 4.31 Å². The van der Waals surface area contributed by atoms with Gasteiger partial charge in [-0.3, -0.25) is 4.79 Å². The van der Waals surface area contributed by atoms with Crippen molar-refractivity contribution in [3.05, 3.63) is 64.7 Å². The first-order valence-corrected chi connectivity index (χ1v) is 10.7. The van der Waals surface area contributed by atoms with Crippen LogP contribution in [0.3, 0.4) is 0 Å². The minimum absolute atomic E-state index is 0.169. The van der Waals surface area contributed by atoms with Gasteiger partial charge in [0.25, 0.3) is 5.91 Å². The molecule has 1 amide bonds. The molecule has 27 heavy (non-hydrogen) atoms. The van der Waals surface area contributed by atoms with E-state index in [9.17, 15) is 13.2 Å². The second kappa shape index (κ2) is 7.82. The van der Waals surface area contributed by atoms with Gasteiger partial charge in [-0.2, -0.15) is 4.31 Å². The lowest BCUT2D eigenvalue weighted by Crippen LogP contribution is -2.43. The molecule has 0 unspecified atom stereocenters. The van der Waals surface area contributed by atoms with Crippen LogP contribution in [0.1, 0.15) is 39.9 Å². The molecule has 0 aliphatic carbocycles. The van der Waals surface area contributed by atoms with Crippen LogP contribution in [0.4, 0.5) is 0 Å². The topological polar surface area (TPSA) is 66.5 Å². The lowest BCUT2D eigenvalue weighted by molar-refractivity contribution is 0.0946. The van der Waals surface area contributed by atoms with E-state index < -0.39 is 10.0 Å². The third-order valence-corrected chi connectivity index (χ3v) is 7.18. The predicted octanol–water partition coefficient (Wildman–Crippen LogP) is 3.19. The Labute approximate surface area is 161 Å². The minimum Gasteiger partial charge on any atom is -0.350 e. The van der Waals surface area contributed by atoms with Crippen LogP contribution in [-0.2, 0) is 10.0 Å². The molecule has 0 aromatic heterocycles. The second-order valence-electron chi connectivity index (χ2n) is 7.23. The number of carbonyl (C=O) groups is 1. The molecule has 1 N–H and O–H groups in total. The average molecular weight is 387 g/mol. The smallest absolute Gasteiger partial charge is 0.251 e. The summed E-state index contributed by atoms with van der Waals surface area (Å²) in [4.78, 5) is 12.8. The van der Waals surface area contributed by atoms with Crippen LogP contribution in [-0.4, -0.2) is 37.8 Å². The number of rotatable bonds is 5. The molecule has 6 heteroatoms. The van der Waals surface area contributed by atoms with Gasteiger partial charge in [-0.05, 0) is 69.0 Å². The average Bonchev–Trinajstić information content (AvgIpc) is 3.12. The summed E-state index contributed by atoms with van der Waals surface area (Å²) in [6, 6.07) is 12.3. The summed E-state index contributed by atoms with van der Waals surface area (Å²) in [5.74, 6) is -0.169. The fraction of sp³-hybridized carbons (Fsp3) is 0.381. The van der Waals surface area contributed by atoms with E-state index in [4.69, 9.17) is 0 Å². The highest BCUT2D eigenvalue weighted by Gasteiger charge is 2.35. The summed E-state index contributed by atoms with van der Waals surface area (Å²) < 4.78 is 27.5. The van der Waals surface area contributed by atoms with Crippen molar-refractivity contribution in [2.75, 3.05) is 13.1 Å². The van der Waals surface area contributed by atoms with Crippen molar-refractivity contribution in [1.82, 2.24) is 9.62 Å². The van der Waals surface area contributed by atoms with Crippen molar-refractivity contribution in [3.8, 4) is 0 Å². The van der Waals surface area contributed by atoms with E-state index in [1.807, 2.05) is 32.9 Å². The molecule has 1 fully saturated rings. The Kier molecular flexibility index (Phi) is 5.67. The van der Waals surface area contributed by atoms with E-state index >= 15 is 0 Å². The maximum atomic E-state index is 13.0. The van der Waals surface area contributed by atoms with Gasteiger partial charge in [0.2, 0.25) is 10.0 Å². The number of hydrogen-bond donors (Lipinski definition) is 1. The highest BCUT2D eigenvalue weighted by molar-refractivity contribution is 7.89. The lowest BCUT2D eigenvalue weighted by Gasteiger charge is -2.24. The number of carbonyl (C=O) groups excluding carboxylic acids is 1. The zero-order chi connectivity index (χ0) is 19.6. The first-order chi connectivity index (χ1) is 12.8. The maximum absolute atomic E-state index is 13.0. The number of nitrogens with zero attached hydrogens (tertiary/aromatic N) is 1. The summed E-state index contributed by atoms with van der Waals surface area (Å²) in [5, 5.41) is 2.91. The first kappa shape index (κ1) is 19.6. The zero-order valence-electron chi connectivity index (χ0n) is 16.0. The van der Waals surface area contributed by atoms with Crippen molar-refractivity contribution in [2.24, 2.45) is 0 Å². The minimum atomic E-state index is -3.55. The number of amides is 1. The largest absolute Gasteiger partial charge is 0.350 e. The number of aryl methyl sites for hydroxylation is 3. The van der Waals surface area contributed by atoms with Crippen molar-refractivity contribution in [2.45, 2.75) is 44.6 Å². The molecule has 0 spiro atoms. The van der Waals surface area contributed by atoms with Crippen molar-refractivity contribution < 1.29 is 13.2 Å². The molecule has 1 aliphatic heterocycles. The molecule has 2 aromatic carbocycles. The summed E-state index contributed by atoms with van der Waals surface area (Å²) in [7, 11) is -3.55. The van der Waals surface area contributed by atoms with Gasteiger partial charge in [-0.25, -0.2) is 8.42 Å². The molecule has 2 aromatic rings. The Hall–Kier alpha value is -2.18. The van der Waals surface area contributed by atoms with Gasteiger partial charge in [-0.15, -0.1) is 0 Å². The predicted molar refractivity (Wildman–Crippen MR) is 106 cm³/mol. The summed E-state index contributed by atoms with van der Waals surface area (Å²) in [5.41, 5.74) is 3.82. The quantitative estimate of drug-likeness (QED) is 0.858. The van der Waals surface area contributed by atoms with Crippen molar-refractivity contribution >= 4 is 15.9 Å². The summed E-state index contributed by atoms with van der Waals surface area (Å²) >= 11 is 0. The second-order valence-corrected chi connectivity index (χ2v) is 9.12. The monoisotopic (exact) mass is 386 g/mol. The Morgan fingerprint density at radius 2 is 1.78 bits per heavy atom. The van der Waals surface area contributed by atoms with Gasteiger partial charge in [0.1, 0.15) is 0 Å². The summed E-state index contributed by atoms with van der Waals surface area (Å²) in [6.45, 7) is 6.71. The van der Waals surface area contributed by atoms with E-state index in [2.05, 4.69) is 5.32 Å². The number of nitrogens with one attached hydrogen (secondary N) is 1. The molecule has 1 aliphatic rings. The zero-order valence-corrected chi connectivity index (χ0v) is 16.8. The van der Waals surface area contributed by atoms with Crippen LogP contribution >= 0.6 is 0 Å². The molecule has 0 radical (unpaired) electrons. The van der Waals surface area contributed by atoms with E-state index in [0.717, 1.165) is 29.5 Å². The molecule has 1 heterocycles. The van der Waals surface area contributed by atoms with E-state index in [-0.39, 0.29) is 11.9 Å². The van der Waals surface area contributed by atoms with Crippen LogP contribution in [0.25, 0.3) is 0 Å². The van der Waals surface area contributed by atoms with Gasteiger partial charge in [0.15, 0.2) is 0 Å². The molecule has 0 saturated carbocycles. The summed E-state index contributed by atoms with van der Waals surface area (Å²) in [6.07, 6.45) is 1.55. The fourth-order valence-electron chi connectivity index (χ4n) is 3.37. The van der Waals surface area contributed by atoms with Crippen molar-refractivity contribution in [3.63, 3.8) is 0 Å². The normalized spacial score (nSPS) is 17.8. The van der Waals surface area contributed by atoms with Gasteiger partial charge >= 0.3 is 0 Å². The molecule has 5 nitrogen and oxygen atoms in total. The van der Waals surface area contributed by atoms with Crippen LogP contribution in [0, 0.1) is 20.8 Å². The third-order valence-electron chi connectivity index (χ3n) is 5.22. The Morgan fingerprint density at radius 3 is 2.44 bits per heavy atom. The molecule has 3 rings (SSSR count). The third kappa shape index (κ3) is 4.22. The number of sulfonamides is 1. The maximum Gasteiger partial charge on any atom is 0.251 e. The SMILES string of the molecule is Cc1ccc(S(=O)(=O)N2CCC[C@H]2CNC(=O)c2ccc(C)c(C)c2)cc1. The van der Waals surface area contributed by atoms with E-state index in [1.54, 1.807) is 30.3 Å². The van der Waals surface area contributed by atoms with Gasteiger partial charge in [0.05, 0.1) is 4.90 Å². The number of hydrogen-bond acceptors (Lipinski definition) is 3. The van der Waals surface area contributed by atoms with Gasteiger partial charge in [0, 0.05) is 24.7 Å². The Bertz CT molecular complexity index is 936. The highest BCUT2D eigenvalue weighted by atomic mass is 32.2. The van der Waals surface area contributed by atoms with Crippen molar-refractivity contribution in [1.29, 1.82) is 0 Å². The Morgan fingerprint density at radius 1 is 1.07 bits per heavy atom. The molecular weight excluding hydrogens is 360 g/mol. The molecular formula is C21H26N2O3S. The molecule has 144 valence electrons. The molecule has 0 bridgehead atoms. The van der Waals surface area contributed by atoms with E-state index in [0.29, 0.717) is 23.5 Å². The van der Waals surface area contributed by atoms with Crippen LogP contribution in [0.15, 0.2) is 47.4 Å². The van der Waals surface area contributed by atoms with Crippen LogP contribution in [0.2, 0.25) is 0 Å². The standard InChI is InChI=1S/C21H26N2O3S/c1-15-6-10-20(11-7-15)27(25,26)23-12-4-5-19(23)14-22-21(24)18-9-8-16(2)17(3)13-18/h6-11,13,19H,4-5,12,14H2,1-3H3,(H,22,24)/t19-/m0/s1. The number of benzene rings is 2. The highest BCUT2D eigenvalue weighted by Crippen LogP contribution is 2.26. The molecule has 1 saturated heterocycles. The molecule has 1 atom stereocenters. The van der Waals surface area contributed by atoms with Crippen LogP contribution in [0.5, 0.6) is 0 Å². The van der Waals surface area contributed by atoms with Crippen LogP contribution < -0.4 is 5.32 Å². The van der Waals surface area contributed by atoms with Gasteiger partial charge < -0.3 is 5.32 Å². The first-order valence-electron chi connectivity index (χ1n) is 9.23. The lowest BCUT2D eigenvalue weighted by atomic mass is 10.1.